The maximum atomic E-state index is 6.16. The van der Waals surface area contributed by atoms with Crippen LogP contribution in [0.15, 0.2) is 0 Å². The van der Waals surface area contributed by atoms with Gasteiger partial charge in [-0.15, -0.1) is 0 Å². The number of halogens is 1. The summed E-state index contributed by atoms with van der Waals surface area (Å²) < 4.78 is 2.02. The SMILES string of the molecule is CCC(CC)NCC(C)n1nc(C)c(Cl)c1C. The Balaban J connectivity index is 2.63. The van der Waals surface area contributed by atoms with E-state index in [1.54, 1.807) is 0 Å². The van der Waals surface area contributed by atoms with E-state index in [1.165, 1.54) is 12.8 Å². The van der Waals surface area contributed by atoms with Crippen LogP contribution in [0.5, 0.6) is 0 Å². The van der Waals surface area contributed by atoms with Gasteiger partial charge in [-0.25, -0.2) is 0 Å². The molecule has 1 unspecified atom stereocenters. The summed E-state index contributed by atoms with van der Waals surface area (Å²) in [4.78, 5) is 0. The highest BCUT2D eigenvalue weighted by molar-refractivity contribution is 6.31. The van der Waals surface area contributed by atoms with Crippen molar-refractivity contribution in [3.8, 4) is 0 Å². The van der Waals surface area contributed by atoms with Crippen LogP contribution >= 0.6 is 11.6 Å². The number of nitrogens with zero attached hydrogens (tertiary/aromatic N) is 2. The lowest BCUT2D eigenvalue weighted by atomic mass is 10.1. The molecule has 0 aliphatic rings. The molecule has 4 heteroatoms. The second-order valence-electron chi connectivity index (χ2n) is 4.70. The summed E-state index contributed by atoms with van der Waals surface area (Å²) in [6, 6.07) is 0.937. The van der Waals surface area contributed by atoms with Gasteiger partial charge >= 0.3 is 0 Å². The van der Waals surface area contributed by atoms with Crippen molar-refractivity contribution >= 4 is 11.6 Å². The van der Waals surface area contributed by atoms with Crippen LogP contribution in [0.2, 0.25) is 5.02 Å². The zero-order valence-electron chi connectivity index (χ0n) is 11.5. The number of aryl methyl sites for hydroxylation is 1. The van der Waals surface area contributed by atoms with Crippen molar-refractivity contribution in [3.05, 3.63) is 16.4 Å². The molecular formula is C13H24ClN3. The lowest BCUT2D eigenvalue weighted by molar-refractivity contribution is 0.396. The number of nitrogens with one attached hydrogen (secondary N) is 1. The lowest BCUT2D eigenvalue weighted by Crippen LogP contribution is -2.33. The number of hydrogen-bond acceptors (Lipinski definition) is 2. The zero-order chi connectivity index (χ0) is 13.0. The van der Waals surface area contributed by atoms with Gasteiger partial charge in [-0.05, 0) is 33.6 Å². The van der Waals surface area contributed by atoms with Crippen LogP contribution in [-0.2, 0) is 0 Å². The molecule has 0 bridgehead atoms. The van der Waals surface area contributed by atoms with E-state index < -0.39 is 0 Å². The van der Waals surface area contributed by atoms with Crippen LogP contribution in [0.1, 0.15) is 51.0 Å². The van der Waals surface area contributed by atoms with Crippen molar-refractivity contribution in [1.29, 1.82) is 0 Å². The Labute approximate surface area is 110 Å². The Hall–Kier alpha value is -0.540. The molecule has 1 aromatic heterocycles. The summed E-state index contributed by atoms with van der Waals surface area (Å²) in [6.45, 7) is 11.5. The van der Waals surface area contributed by atoms with Gasteiger partial charge in [0.2, 0.25) is 0 Å². The standard InChI is InChI=1S/C13H24ClN3/c1-6-12(7-2)15-8-9(3)17-11(5)13(14)10(4)16-17/h9,12,15H,6-8H2,1-5H3. The first-order valence-corrected chi connectivity index (χ1v) is 6.83. The molecule has 0 saturated carbocycles. The van der Waals surface area contributed by atoms with E-state index in [1.807, 2.05) is 18.5 Å². The van der Waals surface area contributed by atoms with Crippen molar-refractivity contribution in [1.82, 2.24) is 15.1 Å². The monoisotopic (exact) mass is 257 g/mol. The van der Waals surface area contributed by atoms with E-state index in [0.717, 1.165) is 23.0 Å². The van der Waals surface area contributed by atoms with E-state index in [-0.39, 0.29) is 0 Å². The van der Waals surface area contributed by atoms with Crippen LogP contribution in [0.4, 0.5) is 0 Å². The predicted molar refractivity (Wildman–Crippen MR) is 73.8 cm³/mol. The van der Waals surface area contributed by atoms with Crippen LogP contribution in [0.3, 0.4) is 0 Å². The minimum absolute atomic E-state index is 0.335. The first kappa shape index (κ1) is 14.5. The van der Waals surface area contributed by atoms with Crippen molar-refractivity contribution in [3.63, 3.8) is 0 Å². The normalized spacial score (nSPS) is 13.4. The van der Waals surface area contributed by atoms with Gasteiger partial charge in [-0.3, -0.25) is 4.68 Å². The lowest BCUT2D eigenvalue weighted by Gasteiger charge is -2.20. The maximum Gasteiger partial charge on any atom is 0.0844 e. The Morgan fingerprint density at radius 2 is 1.88 bits per heavy atom. The number of aromatic nitrogens is 2. The average molecular weight is 258 g/mol. The first-order chi connectivity index (χ1) is 8.01. The smallest absolute Gasteiger partial charge is 0.0844 e. The second-order valence-corrected chi connectivity index (χ2v) is 5.08. The van der Waals surface area contributed by atoms with Gasteiger partial charge in [0.05, 0.1) is 22.5 Å². The molecular weight excluding hydrogens is 234 g/mol. The van der Waals surface area contributed by atoms with Crippen molar-refractivity contribution in [2.24, 2.45) is 0 Å². The summed E-state index contributed by atoms with van der Waals surface area (Å²) in [6.07, 6.45) is 2.34. The number of hydrogen-bond donors (Lipinski definition) is 1. The molecule has 17 heavy (non-hydrogen) atoms. The molecule has 0 spiro atoms. The molecule has 3 nitrogen and oxygen atoms in total. The van der Waals surface area contributed by atoms with Crippen molar-refractivity contribution < 1.29 is 0 Å². The van der Waals surface area contributed by atoms with Gasteiger partial charge in [0.15, 0.2) is 0 Å². The molecule has 1 N–H and O–H groups in total. The van der Waals surface area contributed by atoms with Gasteiger partial charge < -0.3 is 5.32 Å². The summed E-state index contributed by atoms with van der Waals surface area (Å²) in [7, 11) is 0. The van der Waals surface area contributed by atoms with Gasteiger partial charge in [-0.1, -0.05) is 25.4 Å². The third kappa shape index (κ3) is 3.46. The molecule has 0 radical (unpaired) electrons. The minimum atomic E-state index is 0.335. The molecule has 98 valence electrons. The van der Waals surface area contributed by atoms with Gasteiger partial charge in [0.25, 0.3) is 0 Å². The average Bonchev–Trinajstić information content (AvgIpc) is 2.58. The van der Waals surface area contributed by atoms with Crippen molar-refractivity contribution in [2.75, 3.05) is 6.54 Å². The number of rotatable bonds is 6. The quantitative estimate of drug-likeness (QED) is 0.846. The Morgan fingerprint density at radius 1 is 1.29 bits per heavy atom. The molecule has 1 heterocycles. The summed E-state index contributed by atoms with van der Waals surface area (Å²) >= 11 is 6.16. The topological polar surface area (TPSA) is 29.9 Å². The summed E-state index contributed by atoms with van der Waals surface area (Å²) in [5, 5.41) is 8.84. The molecule has 0 saturated heterocycles. The predicted octanol–water partition coefficient (Wildman–Crippen LogP) is 3.49. The van der Waals surface area contributed by atoms with Crippen LogP contribution in [-0.4, -0.2) is 22.4 Å². The highest BCUT2D eigenvalue weighted by Gasteiger charge is 2.14. The fourth-order valence-corrected chi connectivity index (χ4v) is 2.20. The van der Waals surface area contributed by atoms with E-state index in [4.69, 9.17) is 11.6 Å². The second kappa shape index (κ2) is 6.41. The summed E-state index contributed by atoms with van der Waals surface area (Å²) in [5.74, 6) is 0. The van der Waals surface area contributed by atoms with Gasteiger partial charge in [0.1, 0.15) is 0 Å². The highest BCUT2D eigenvalue weighted by atomic mass is 35.5. The van der Waals surface area contributed by atoms with Gasteiger partial charge in [-0.2, -0.15) is 5.10 Å². The van der Waals surface area contributed by atoms with Crippen LogP contribution in [0, 0.1) is 13.8 Å². The fraction of sp³-hybridized carbons (Fsp3) is 0.769. The van der Waals surface area contributed by atoms with Crippen LogP contribution in [0.25, 0.3) is 0 Å². The molecule has 1 aromatic rings. The zero-order valence-corrected chi connectivity index (χ0v) is 12.3. The van der Waals surface area contributed by atoms with E-state index in [0.29, 0.717) is 12.1 Å². The van der Waals surface area contributed by atoms with E-state index >= 15 is 0 Å². The fourth-order valence-electron chi connectivity index (χ4n) is 2.07. The molecule has 0 aromatic carbocycles. The third-order valence-corrected chi connectivity index (χ3v) is 3.89. The molecule has 1 atom stereocenters. The molecule has 0 amide bonds. The molecule has 0 aliphatic heterocycles. The highest BCUT2D eigenvalue weighted by Crippen LogP contribution is 2.21. The van der Waals surface area contributed by atoms with Crippen LogP contribution < -0.4 is 5.32 Å². The van der Waals surface area contributed by atoms with Gasteiger partial charge in [0, 0.05) is 12.6 Å². The molecule has 0 fully saturated rings. The molecule has 1 rings (SSSR count). The molecule has 0 aliphatic carbocycles. The van der Waals surface area contributed by atoms with Crippen molar-refractivity contribution in [2.45, 2.75) is 59.5 Å². The largest absolute Gasteiger partial charge is 0.312 e. The van der Waals surface area contributed by atoms with E-state index in [9.17, 15) is 0 Å². The Bertz CT molecular complexity index is 356. The third-order valence-electron chi connectivity index (χ3n) is 3.34. The van der Waals surface area contributed by atoms with E-state index in [2.05, 4.69) is 31.2 Å². The Morgan fingerprint density at radius 3 is 2.29 bits per heavy atom. The maximum absolute atomic E-state index is 6.16. The Kier molecular flexibility index (Phi) is 5.47. The first-order valence-electron chi connectivity index (χ1n) is 6.45. The summed E-state index contributed by atoms with van der Waals surface area (Å²) in [5.41, 5.74) is 1.97. The minimum Gasteiger partial charge on any atom is -0.312 e.